The number of anilines is 1. The second kappa shape index (κ2) is 5.11. The number of benzene rings is 1. The molecule has 5 heteroatoms. The summed E-state index contributed by atoms with van der Waals surface area (Å²) in [6.07, 6.45) is 2.64. The first-order chi connectivity index (χ1) is 9.63. The Morgan fingerprint density at radius 3 is 2.90 bits per heavy atom. The van der Waals surface area contributed by atoms with Crippen molar-refractivity contribution in [1.29, 1.82) is 0 Å². The van der Waals surface area contributed by atoms with Gasteiger partial charge >= 0.3 is 0 Å². The SMILES string of the molecule is NC(=O)C1(Nc2ccccc2Cl)CCCc2sccc21. The summed E-state index contributed by atoms with van der Waals surface area (Å²) < 4.78 is 0. The molecule has 0 saturated heterocycles. The van der Waals surface area contributed by atoms with Crippen molar-refractivity contribution in [2.24, 2.45) is 5.73 Å². The molecule has 1 atom stereocenters. The zero-order chi connectivity index (χ0) is 14.2. The standard InChI is InChI=1S/C15H15ClN2OS/c16-11-4-1-2-5-12(11)18-15(14(17)19)8-3-6-13-10(15)7-9-20-13/h1-2,4-5,7,9,18H,3,6,8H2,(H2,17,19). The molecule has 3 nitrogen and oxygen atoms in total. The number of hydrogen-bond donors (Lipinski definition) is 2. The minimum atomic E-state index is -0.849. The van der Waals surface area contributed by atoms with Crippen LogP contribution in [0.3, 0.4) is 0 Å². The molecular formula is C15H15ClN2OS. The van der Waals surface area contributed by atoms with Crippen LogP contribution in [0.25, 0.3) is 0 Å². The Morgan fingerprint density at radius 1 is 1.35 bits per heavy atom. The molecule has 1 aliphatic rings. The predicted molar refractivity (Wildman–Crippen MR) is 83.2 cm³/mol. The molecule has 0 bridgehead atoms. The molecule has 0 radical (unpaired) electrons. The largest absolute Gasteiger partial charge is 0.367 e. The van der Waals surface area contributed by atoms with Gasteiger partial charge in [0.1, 0.15) is 5.54 Å². The molecule has 3 N–H and O–H groups in total. The van der Waals surface area contributed by atoms with E-state index in [4.69, 9.17) is 17.3 Å². The number of primary amides is 1. The predicted octanol–water partition coefficient (Wildman–Crippen LogP) is 3.53. The van der Waals surface area contributed by atoms with Crippen molar-refractivity contribution in [2.45, 2.75) is 24.8 Å². The number of thiophene rings is 1. The highest BCUT2D eigenvalue weighted by molar-refractivity contribution is 7.10. The maximum atomic E-state index is 12.2. The van der Waals surface area contributed by atoms with E-state index >= 15 is 0 Å². The Kier molecular flexibility index (Phi) is 3.44. The summed E-state index contributed by atoms with van der Waals surface area (Å²) in [5.74, 6) is -0.350. The van der Waals surface area contributed by atoms with Crippen LogP contribution in [0.5, 0.6) is 0 Å². The molecule has 104 valence electrons. The number of hydrogen-bond acceptors (Lipinski definition) is 3. The summed E-state index contributed by atoms with van der Waals surface area (Å²) in [7, 11) is 0. The van der Waals surface area contributed by atoms with E-state index in [9.17, 15) is 4.79 Å². The summed E-state index contributed by atoms with van der Waals surface area (Å²) in [6.45, 7) is 0. The van der Waals surface area contributed by atoms with Gasteiger partial charge in [0, 0.05) is 10.4 Å². The number of carbonyl (C=O) groups is 1. The van der Waals surface area contributed by atoms with Crippen molar-refractivity contribution in [1.82, 2.24) is 0 Å². The third-order valence-corrected chi connectivity index (χ3v) is 5.11. The van der Waals surface area contributed by atoms with Gasteiger partial charge in [0.2, 0.25) is 5.91 Å². The van der Waals surface area contributed by atoms with Crippen molar-refractivity contribution >= 4 is 34.5 Å². The smallest absolute Gasteiger partial charge is 0.247 e. The molecule has 2 aromatic rings. The van der Waals surface area contributed by atoms with Crippen LogP contribution in [0.4, 0.5) is 5.69 Å². The van der Waals surface area contributed by atoms with Crippen molar-refractivity contribution in [3.05, 3.63) is 51.2 Å². The van der Waals surface area contributed by atoms with E-state index in [0.29, 0.717) is 11.4 Å². The number of aryl methyl sites for hydroxylation is 1. The van der Waals surface area contributed by atoms with Gasteiger partial charge in [-0.05, 0) is 42.8 Å². The Balaban J connectivity index is 2.08. The zero-order valence-corrected chi connectivity index (χ0v) is 12.4. The Morgan fingerprint density at radius 2 is 2.15 bits per heavy atom. The monoisotopic (exact) mass is 306 g/mol. The fourth-order valence-corrected chi connectivity index (χ4v) is 3.99. The molecule has 1 unspecified atom stereocenters. The maximum absolute atomic E-state index is 12.2. The molecule has 1 aromatic heterocycles. The molecule has 0 saturated carbocycles. The molecular weight excluding hydrogens is 292 g/mol. The Hall–Kier alpha value is -1.52. The van der Waals surface area contributed by atoms with Gasteiger partial charge in [-0.1, -0.05) is 23.7 Å². The molecule has 3 rings (SSSR count). The summed E-state index contributed by atoms with van der Waals surface area (Å²) in [5, 5.41) is 5.91. The second-order valence-electron chi connectivity index (χ2n) is 4.99. The van der Waals surface area contributed by atoms with Crippen molar-refractivity contribution < 1.29 is 4.79 Å². The fraction of sp³-hybridized carbons (Fsp3) is 0.267. The fourth-order valence-electron chi connectivity index (χ4n) is 2.80. The van der Waals surface area contributed by atoms with E-state index in [1.54, 1.807) is 17.4 Å². The van der Waals surface area contributed by atoms with Crippen LogP contribution < -0.4 is 11.1 Å². The number of rotatable bonds is 3. The average Bonchev–Trinajstić information content (AvgIpc) is 2.91. The topological polar surface area (TPSA) is 55.1 Å². The quantitative estimate of drug-likeness (QED) is 0.911. The number of amides is 1. The summed E-state index contributed by atoms with van der Waals surface area (Å²) in [4.78, 5) is 13.4. The van der Waals surface area contributed by atoms with E-state index in [1.807, 2.05) is 29.6 Å². The lowest BCUT2D eigenvalue weighted by atomic mass is 9.79. The van der Waals surface area contributed by atoms with Gasteiger partial charge in [-0.3, -0.25) is 4.79 Å². The minimum absolute atomic E-state index is 0.350. The second-order valence-corrected chi connectivity index (χ2v) is 6.39. The summed E-state index contributed by atoms with van der Waals surface area (Å²) >= 11 is 7.88. The van der Waals surface area contributed by atoms with Crippen LogP contribution >= 0.6 is 22.9 Å². The first-order valence-corrected chi connectivity index (χ1v) is 7.79. The van der Waals surface area contributed by atoms with Crippen LogP contribution in [0.1, 0.15) is 23.3 Å². The molecule has 0 aliphatic heterocycles. The lowest BCUT2D eigenvalue weighted by Crippen LogP contribution is -2.49. The highest BCUT2D eigenvalue weighted by atomic mass is 35.5. The highest BCUT2D eigenvalue weighted by Crippen LogP contribution is 2.41. The lowest BCUT2D eigenvalue weighted by Gasteiger charge is -2.36. The Bertz CT molecular complexity index is 655. The van der Waals surface area contributed by atoms with Crippen molar-refractivity contribution in [3.8, 4) is 0 Å². The molecule has 1 heterocycles. The van der Waals surface area contributed by atoms with Gasteiger partial charge in [0.05, 0.1) is 10.7 Å². The molecule has 1 amide bonds. The number of fused-ring (bicyclic) bond motifs is 1. The molecule has 0 spiro atoms. The van der Waals surface area contributed by atoms with E-state index in [2.05, 4.69) is 5.32 Å². The normalized spacial score (nSPS) is 21.2. The van der Waals surface area contributed by atoms with Crippen LogP contribution in [0.2, 0.25) is 5.02 Å². The zero-order valence-electron chi connectivity index (χ0n) is 10.9. The first kappa shape index (κ1) is 13.5. The third-order valence-electron chi connectivity index (χ3n) is 3.80. The number of nitrogens with one attached hydrogen (secondary N) is 1. The van der Waals surface area contributed by atoms with Crippen LogP contribution in [-0.4, -0.2) is 5.91 Å². The van der Waals surface area contributed by atoms with Gasteiger partial charge in [-0.2, -0.15) is 0 Å². The summed E-state index contributed by atoms with van der Waals surface area (Å²) in [6, 6.07) is 9.42. The number of nitrogens with two attached hydrogens (primary N) is 1. The number of carbonyl (C=O) groups excluding carboxylic acids is 1. The number of halogens is 1. The van der Waals surface area contributed by atoms with Gasteiger partial charge in [0.25, 0.3) is 0 Å². The van der Waals surface area contributed by atoms with Gasteiger partial charge < -0.3 is 11.1 Å². The van der Waals surface area contributed by atoms with Gasteiger partial charge in [-0.25, -0.2) is 0 Å². The molecule has 1 aliphatic carbocycles. The van der Waals surface area contributed by atoms with Crippen LogP contribution in [0.15, 0.2) is 35.7 Å². The van der Waals surface area contributed by atoms with E-state index in [0.717, 1.165) is 24.1 Å². The molecule has 0 fully saturated rings. The van der Waals surface area contributed by atoms with E-state index < -0.39 is 5.54 Å². The first-order valence-electron chi connectivity index (χ1n) is 6.53. The molecule has 1 aromatic carbocycles. The van der Waals surface area contributed by atoms with E-state index in [-0.39, 0.29) is 5.91 Å². The lowest BCUT2D eigenvalue weighted by molar-refractivity contribution is -0.123. The van der Waals surface area contributed by atoms with Gasteiger partial charge in [-0.15, -0.1) is 11.3 Å². The molecule has 20 heavy (non-hydrogen) atoms. The van der Waals surface area contributed by atoms with Crippen LogP contribution in [0, 0.1) is 0 Å². The Labute approximate surface area is 126 Å². The van der Waals surface area contributed by atoms with Crippen molar-refractivity contribution in [2.75, 3.05) is 5.32 Å². The van der Waals surface area contributed by atoms with Crippen LogP contribution in [-0.2, 0) is 16.8 Å². The summed E-state index contributed by atoms with van der Waals surface area (Å²) in [5.41, 5.74) is 6.63. The van der Waals surface area contributed by atoms with E-state index in [1.165, 1.54) is 4.88 Å². The minimum Gasteiger partial charge on any atom is -0.367 e. The average molecular weight is 307 g/mol. The van der Waals surface area contributed by atoms with Crippen molar-refractivity contribution in [3.63, 3.8) is 0 Å². The maximum Gasteiger partial charge on any atom is 0.247 e. The van der Waals surface area contributed by atoms with Gasteiger partial charge in [0.15, 0.2) is 0 Å². The third kappa shape index (κ3) is 2.09. The number of para-hydroxylation sites is 1. The highest BCUT2D eigenvalue weighted by Gasteiger charge is 2.42.